The molecule has 0 aromatic rings. The third-order valence-electron chi connectivity index (χ3n) is 5.98. The van der Waals surface area contributed by atoms with E-state index < -0.39 is 0 Å². The van der Waals surface area contributed by atoms with Crippen molar-refractivity contribution >= 4 is 5.78 Å². The van der Waals surface area contributed by atoms with E-state index in [0.29, 0.717) is 11.2 Å². The summed E-state index contributed by atoms with van der Waals surface area (Å²) < 4.78 is 0. The van der Waals surface area contributed by atoms with Crippen LogP contribution in [-0.4, -0.2) is 5.78 Å². The summed E-state index contributed by atoms with van der Waals surface area (Å²) in [6.45, 7) is 13.3. The van der Waals surface area contributed by atoms with Crippen LogP contribution < -0.4 is 0 Å². The standard InChI is InChI=1S/C17H28O/c1-12(18)17(6)10-13-8-7-9-15(2,3)14(13)11-16(17,4)5/h7-11H2,1-6H3. The Bertz CT molecular complexity index is 411. The summed E-state index contributed by atoms with van der Waals surface area (Å²) >= 11 is 0. The van der Waals surface area contributed by atoms with Crippen LogP contribution in [0.15, 0.2) is 11.1 Å². The number of hydrogen-bond donors (Lipinski definition) is 0. The molecule has 102 valence electrons. The zero-order valence-electron chi connectivity index (χ0n) is 12.9. The zero-order valence-corrected chi connectivity index (χ0v) is 12.9. The highest BCUT2D eigenvalue weighted by atomic mass is 16.1. The fraction of sp³-hybridized carbons (Fsp3) is 0.824. The minimum atomic E-state index is -0.167. The van der Waals surface area contributed by atoms with E-state index >= 15 is 0 Å². The predicted molar refractivity (Wildman–Crippen MR) is 76.5 cm³/mol. The van der Waals surface area contributed by atoms with E-state index in [1.807, 2.05) is 0 Å². The third kappa shape index (κ3) is 1.87. The maximum Gasteiger partial charge on any atom is 0.136 e. The molecule has 0 aliphatic heterocycles. The van der Waals surface area contributed by atoms with E-state index in [2.05, 4.69) is 34.6 Å². The fourth-order valence-corrected chi connectivity index (χ4v) is 3.99. The van der Waals surface area contributed by atoms with Gasteiger partial charge in [-0.05, 0) is 49.9 Å². The molecule has 0 saturated carbocycles. The second-order valence-corrected chi connectivity index (χ2v) is 7.95. The number of allylic oxidation sites excluding steroid dienone is 2. The average Bonchev–Trinajstić information content (AvgIpc) is 2.20. The van der Waals surface area contributed by atoms with Crippen LogP contribution in [0.25, 0.3) is 0 Å². The van der Waals surface area contributed by atoms with E-state index in [1.54, 1.807) is 18.1 Å². The minimum absolute atomic E-state index is 0.0896. The second-order valence-electron chi connectivity index (χ2n) is 7.95. The first kappa shape index (κ1) is 13.8. The van der Waals surface area contributed by atoms with Gasteiger partial charge in [0.1, 0.15) is 5.78 Å². The number of ketones is 1. The Morgan fingerprint density at radius 2 is 1.67 bits per heavy atom. The van der Waals surface area contributed by atoms with Crippen molar-refractivity contribution in [3.05, 3.63) is 11.1 Å². The summed E-state index contributed by atoms with van der Waals surface area (Å²) in [7, 11) is 0. The average molecular weight is 248 g/mol. The van der Waals surface area contributed by atoms with E-state index in [0.717, 1.165) is 12.8 Å². The molecule has 0 bridgehead atoms. The SMILES string of the molecule is CC(=O)C1(C)CC2=C(CC1(C)C)C(C)(C)CCC2. The van der Waals surface area contributed by atoms with Crippen molar-refractivity contribution in [2.24, 2.45) is 16.2 Å². The molecule has 0 radical (unpaired) electrons. The molecule has 18 heavy (non-hydrogen) atoms. The van der Waals surface area contributed by atoms with Gasteiger partial charge in [-0.1, -0.05) is 45.8 Å². The molecule has 2 rings (SSSR count). The molecule has 0 aromatic carbocycles. The predicted octanol–water partition coefficient (Wildman–Crippen LogP) is 4.91. The largest absolute Gasteiger partial charge is 0.299 e. The first-order chi connectivity index (χ1) is 8.10. The van der Waals surface area contributed by atoms with E-state index in [9.17, 15) is 4.79 Å². The van der Waals surface area contributed by atoms with E-state index in [1.165, 1.54) is 19.3 Å². The van der Waals surface area contributed by atoms with Crippen LogP contribution >= 0.6 is 0 Å². The zero-order chi connectivity index (χ0) is 13.8. The molecule has 0 aromatic heterocycles. The number of carbonyl (C=O) groups excluding carboxylic acids is 1. The number of hydrogen-bond acceptors (Lipinski definition) is 1. The lowest BCUT2D eigenvalue weighted by molar-refractivity contribution is -0.133. The van der Waals surface area contributed by atoms with Crippen LogP contribution in [0.4, 0.5) is 0 Å². The highest BCUT2D eigenvalue weighted by Gasteiger charge is 2.51. The molecule has 0 fully saturated rings. The first-order valence-corrected chi connectivity index (χ1v) is 7.33. The fourth-order valence-electron chi connectivity index (χ4n) is 3.99. The van der Waals surface area contributed by atoms with Gasteiger partial charge in [-0.15, -0.1) is 0 Å². The van der Waals surface area contributed by atoms with Gasteiger partial charge in [0.15, 0.2) is 0 Å². The summed E-state index contributed by atoms with van der Waals surface area (Å²) in [6.07, 6.45) is 5.91. The van der Waals surface area contributed by atoms with Gasteiger partial charge in [0.25, 0.3) is 0 Å². The maximum absolute atomic E-state index is 12.1. The van der Waals surface area contributed by atoms with Gasteiger partial charge < -0.3 is 0 Å². The lowest BCUT2D eigenvalue weighted by Crippen LogP contribution is -2.46. The monoisotopic (exact) mass is 248 g/mol. The van der Waals surface area contributed by atoms with Gasteiger partial charge in [-0.25, -0.2) is 0 Å². The molecule has 2 aliphatic rings. The summed E-state index contributed by atoms with van der Waals surface area (Å²) in [5, 5.41) is 0. The van der Waals surface area contributed by atoms with Gasteiger partial charge in [-0.2, -0.15) is 0 Å². The lowest BCUT2D eigenvalue weighted by atomic mass is 9.51. The summed E-state index contributed by atoms with van der Waals surface area (Å²) in [4.78, 5) is 12.1. The normalized spacial score (nSPS) is 34.1. The molecular formula is C17H28O. The minimum Gasteiger partial charge on any atom is -0.299 e. The molecule has 1 unspecified atom stereocenters. The molecular weight excluding hydrogens is 220 g/mol. The molecule has 2 aliphatic carbocycles. The topological polar surface area (TPSA) is 17.1 Å². The lowest BCUT2D eigenvalue weighted by Gasteiger charge is -2.52. The quantitative estimate of drug-likeness (QED) is 0.603. The van der Waals surface area contributed by atoms with Crippen molar-refractivity contribution in [2.45, 2.75) is 73.6 Å². The molecule has 1 nitrogen and oxygen atoms in total. The van der Waals surface area contributed by atoms with Crippen LogP contribution in [0.2, 0.25) is 0 Å². The van der Waals surface area contributed by atoms with Crippen molar-refractivity contribution in [2.75, 3.05) is 0 Å². The second kappa shape index (κ2) is 3.95. The molecule has 0 amide bonds. The van der Waals surface area contributed by atoms with Crippen molar-refractivity contribution in [3.63, 3.8) is 0 Å². The third-order valence-corrected chi connectivity index (χ3v) is 5.98. The molecule has 0 N–H and O–H groups in total. The van der Waals surface area contributed by atoms with Crippen LogP contribution in [0, 0.1) is 16.2 Å². The molecule has 0 heterocycles. The smallest absolute Gasteiger partial charge is 0.136 e. The number of rotatable bonds is 1. The van der Waals surface area contributed by atoms with Crippen molar-refractivity contribution in [3.8, 4) is 0 Å². The maximum atomic E-state index is 12.1. The van der Waals surface area contributed by atoms with Crippen LogP contribution in [-0.2, 0) is 4.79 Å². The summed E-state index contributed by atoms with van der Waals surface area (Å²) in [5.41, 5.74) is 3.54. The van der Waals surface area contributed by atoms with E-state index in [-0.39, 0.29) is 10.8 Å². The Hall–Kier alpha value is -0.590. The first-order valence-electron chi connectivity index (χ1n) is 7.33. The van der Waals surface area contributed by atoms with Gasteiger partial charge >= 0.3 is 0 Å². The highest BCUT2D eigenvalue weighted by molar-refractivity contribution is 5.83. The van der Waals surface area contributed by atoms with Gasteiger partial charge in [0, 0.05) is 5.41 Å². The van der Waals surface area contributed by atoms with Crippen LogP contribution in [0.5, 0.6) is 0 Å². The van der Waals surface area contributed by atoms with Gasteiger partial charge in [0.05, 0.1) is 0 Å². The highest BCUT2D eigenvalue weighted by Crippen LogP contribution is 2.58. The Morgan fingerprint density at radius 3 is 2.22 bits per heavy atom. The Labute approximate surface area is 112 Å². The Balaban J connectivity index is 2.48. The Morgan fingerprint density at radius 1 is 1.06 bits per heavy atom. The summed E-state index contributed by atoms with van der Waals surface area (Å²) in [5.74, 6) is 0.363. The van der Waals surface area contributed by atoms with Crippen molar-refractivity contribution in [1.82, 2.24) is 0 Å². The van der Waals surface area contributed by atoms with Crippen LogP contribution in [0.3, 0.4) is 0 Å². The van der Waals surface area contributed by atoms with Crippen molar-refractivity contribution < 1.29 is 4.79 Å². The molecule has 0 spiro atoms. The summed E-state index contributed by atoms with van der Waals surface area (Å²) in [6, 6.07) is 0. The molecule has 0 saturated heterocycles. The van der Waals surface area contributed by atoms with Gasteiger partial charge in [-0.3, -0.25) is 4.79 Å². The van der Waals surface area contributed by atoms with Crippen molar-refractivity contribution in [1.29, 1.82) is 0 Å². The molecule has 1 atom stereocenters. The number of Topliss-reactive ketones (excluding diaryl/α,β-unsaturated/α-hetero) is 1. The van der Waals surface area contributed by atoms with Crippen LogP contribution in [0.1, 0.15) is 73.6 Å². The van der Waals surface area contributed by atoms with Gasteiger partial charge in [0.2, 0.25) is 0 Å². The Kier molecular flexibility index (Phi) is 3.04. The molecule has 1 heteroatoms. The number of carbonyl (C=O) groups is 1. The van der Waals surface area contributed by atoms with E-state index in [4.69, 9.17) is 0 Å².